The standard InChI is InChI=1S/C18H29NO5S2/c1-12(13(2)20)11-16(21)15(7-8-18(23)24)19-17(22)6-4-3-5-14-9-10-25-26-14/h12,14-15H,3-11H2,1-2H3,(H,19,22)(H,23,24)/t12-,14-,15?/m1/s1. The molecule has 0 aromatic carbocycles. The van der Waals surface area contributed by atoms with E-state index in [0.717, 1.165) is 19.3 Å². The van der Waals surface area contributed by atoms with Crippen LogP contribution in [0.25, 0.3) is 0 Å². The van der Waals surface area contributed by atoms with Crippen molar-refractivity contribution < 1.29 is 24.3 Å². The van der Waals surface area contributed by atoms with Gasteiger partial charge in [-0.1, -0.05) is 34.9 Å². The van der Waals surface area contributed by atoms with E-state index >= 15 is 0 Å². The van der Waals surface area contributed by atoms with Crippen LogP contribution in [0.2, 0.25) is 0 Å². The number of carbonyl (C=O) groups excluding carboxylic acids is 3. The molecule has 8 heteroatoms. The number of nitrogens with one attached hydrogen (secondary N) is 1. The van der Waals surface area contributed by atoms with E-state index in [-0.39, 0.29) is 36.7 Å². The number of hydrogen-bond acceptors (Lipinski definition) is 6. The summed E-state index contributed by atoms with van der Waals surface area (Å²) in [6, 6.07) is -0.831. The molecule has 1 rings (SSSR count). The molecule has 1 aliphatic rings. The summed E-state index contributed by atoms with van der Waals surface area (Å²) in [5, 5.41) is 12.2. The third-order valence-corrected chi connectivity index (χ3v) is 7.49. The topological polar surface area (TPSA) is 101 Å². The van der Waals surface area contributed by atoms with Crippen LogP contribution in [-0.2, 0) is 19.2 Å². The Hall–Kier alpha value is -1.02. The first-order chi connectivity index (χ1) is 12.3. The second-order valence-electron chi connectivity index (χ2n) is 6.81. The molecule has 2 N–H and O–H groups in total. The lowest BCUT2D eigenvalue weighted by Crippen LogP contribution is -2.42. The number of carboxylic acid groups (broad SMARTS) is 1. The van der Waals surface area contributed by atoms with Gasteiger partial charge in [0.25, 0.3) is 0 Å². The van der Waals surface area contributed by atoms with Crippen LogP contribution in [0.3, 0.4) is 0 Å². The SMILES string of the molecule is CC(=O)[C@H](C)CC(=O)C(CCC(=O)O)NC(=O)CCCC[C@@H]1CCSS1. The van der Waals surface area contributed by atoms with Gasteiger partial charge in [-0.2, -0.15) is 0 Å². The molecule has 0 spiro atoms. The molecule has 3 atom stereocenters. The molecule has 6 nitrogen and oxygen atoms in total. The molecule has 0 aromatic heterocycles. The molecular formula is C18H29NO5S2. The Balaban J connectivity index is 2.41. The number of carbonyl (C=O) groups is 4. The van der Waals surface area contributed by atoms with Gasteiger partial charge in [0.2, 0.25) is 5.91 Å². The molecule has 1 unspecified atom stereocenters. The molecular weight excluding hydrogens is 374 g/mol. The first-order valence-electron chi connectivity index (χ1n) is 9.12. The van der Waals surface area contributed by atoms with Gasteiger partial charge in [-0.3, -0.25) is 19.2 Å². The van der Waals surface area contributed by atoms with Crippen molar-refractivity contribution in [2.24, 2.45) is 5.92 Å². The molecule has 0 bridgehead atoms. The van der Waals surface area contributed by atoms with Crippen LogP contribution in [0.15, 0.2) is 0 Å². The van der Waals surface area contributed by atoms with Crippen LogP contribution in [0.1, 0.15) is 65.2 Å². The van der Waals surface area contributed by atoms with Gasteiger partial charge in [0, 0.05) is 36.2 Å². The fraction of sp³-hybridized carbons (Fsp3) is 0.778. The fourth-order valence-corrected chi connectivity index (χ4v) is 5.69. The Bertz CT molecular complexity index is 506. The first-order valence-corrected chi connectivity index (χ1v) is 11.5. The van der Waals surface area contributed by atoms with Crippen molar-refractivity contribution in [1.82, 2.24) is 5.32 Å². The maximum Gasteiger partial charge on any atom is 0.303 e. The van der Waals surface area contributed by atoms with Gasteiger partial charge in [0.1, 0.15) is 5.78 Å². The zero-order valence-corrected chi connectivity index (χ0v) is 17.1. The Morgan fingerprint density at radius 3 is 2.50 bits per heavy atom. The third kappa shape index (κ3) is 9.62. The summed E-state index contributed by atoms with van der Waals surface area (Å²) in [5.74, 6) is -0.830. The lowest BCUT2D eigenvalue weighted by atomic mass is 9.95. The van der Waals surface area contributed by atoms with Crippen molar-refractivity contribution in [2.75, 3.05) is 5.75 Å². The number of unbranched alkanes of at least 4 members (excludes halogenated alkanes) is 1. The molecule has 0 aromatic rings. The van der Waals surface area contributed by atoms with E-state index in [1.165, 1.54) is 19.1 Å². The van der Waals surface area contributed by atoms with Gasteiger partial charge in [-0.05, 0) is 32.6 Å². The summed E-state index contributed by atoms with van der Waals surface area (Å²) in [5.41, 5.74) is 0. The summed E-state index contributed by atoms with van der Waals surface area (Å²) in [6.45, 7) is 3.08. The molecule has 0 aliphatic carbocycles. The van der Waals surface area contributed by atoms with Crippen molar-refractivity contribution in [3.05, 3.63) is 0 Å². The number of aliphatic carboxylic acids is 1. The average Bonchev–Trinajstić information content (AvgIpc) is 3.08. The summed E-state index contributed by atoms with van der Waals surface area (Å²) < 4.78 is 0. The predicted molar refractivity (Wildman–Crippen MR) is 105 cm³/mol. The fourth-order valence-electron chi connectivity index (χ4n) is 2.66. The van der Waals surface area contributed by atoms with Crippen LogP contribution in [0.5, 0.6) is 0 Å². The number of Topliss-reactive ketones (excluding diaryl/α,β-unsaturated/α-hetero) is 2. The Labute approximate surface area is 163 Å². The van der Waals surface area contributed by atoms with Gasteiger partial charge < -0.3 is 10.4 Å². The summed E-state index contributed by atoms with van der Waals surface area (Å²) in [6.07, 6.45) is 4.28. The van der Waals surface area contributed by atoms with Crippen molar-refractivity contribution >= 4 is 45.0 Å². The summed E-state index contributed by atoms with van der Waals surface area (Å²) in [7, 11) is 3.82. The quantitative estimate of drug-likeness (QED) is 0.360. The van der Waals surface area contributed by atoms with E-state index < -0.39 is 17.9 Å². The highest BCUT2D eigenvalue weighted by Crippen LogP contribution is 2.39. The lowest BCUT2D eigenvalue weighted by Gasteiger charge is -2.18. The molecule has 1 amide bonds. The normalized spacial score (nSPS) is 18.9. The van der Waals surface area contributed by atoms with E-state index in [1.807, 2.05) is 21.6 Å². The van der Waals surface area contributed by atoms with Crippen LogP contribution in [-0.4, -0.2) is 45.6 Å². The van der Waals surface area contributed by atoms with Gasteiger partial charge >= 0.3 is 5.97 Å². The van der Waals surface area contributed by atoms with Gasteiger partial charge in [0.15, 0.2) is 5.78 Å². The van der Waals surface area contributed by atoms with Crippen LogP contribution < -0.4 is 5.32 Å². The molecule has 1 saturated heterocycles. The second-order valence-corrected chi connectivity index (χ2v) is 9.60. The van der Waals surface area contributed by atoms with Crippen molar-refractivity contribution in [1.29, 1.82) is 0 Å². The van der Waals surface area contributed by atoms with Crippen molar-refractivity contribution in [2.45, 2.75) is 76.5 Å². The van der Waals surface area contributed by atoms with Gasteiger partial charge in [-0.15, -0.1) is 0 Å². The van der Waals surface area contributed by atoms with Gasteiger partial charge in [0.05, 0.1) is 6.04 Å². The maximum absolute atomic E-state index is 12.3. The highest BCUT2D eigenvalue weighted by molar-refractivity contribution is 8.77. The molecule has 0 radical (unpaired) electrons. The van der Waals surface area contributed by atoms with E-state index in [9.17, 15) is 19.2 Å². The van der Waals surface area contributed by atoms with E-state index in [4.69, 9.17) is 5.11 Å². The Morgan fingerprint density at radius 2 is 1.92 bits per heavy atom. The average molecular weight is 404 g/mol. The molecule has 1 heterocycles. The monoisotopic (exact) mass is 403 g/mol. The summed E-state index contributed by atoms with van der Waals surface area (Å²) in [4.78, 5) is 46.6. The highest BCUT2D eigenvalue weighted by Gasteiger charge is 2.24. The number of rotatable bonds is 13. The van der Waals surface area contributed by atoms with Crippen molar-refractivity contribution in [3.8, 4) is 0 Å². The number of ketones is 2. The zero-order valence-electron chi connectivity index (χ0n) is 15.5. The smallest absolute Gasteiger partial charge is 0.303 e. The molecule has 26 heavy (non-hydrogen) atoms. The minimum Gasteiger partial charge on any atom is -0.481 e. The Kier molecular flexibility index (Phi) is 11.0. The third-order valence-electron chi connectivity index (χ3n) is 4.48. The van der Waals surface area contributed by atoms with Crippen molar-refractivity contribution in [3.63, 3.8) is 0 Å². The number of amides is 1. The van der Waals surface area contributed by atoms with E-state index in [2.05, 4.69) is 5.32 Å². The van der Waals surface area contributed by atoms with Crippen LogP contribution >= 0.6 is 21.6 Å². The maximum atomic E-state index is 12.3. The van der Waals surface area contributed by atoms with Gasteiger partial charge in [-0.25, -0.2) is 0 Å². The molecule has 148 valence electrons. The molecule has 1 aliphatic heterocycles. The lowest BCUT2D eigenvalue weighted by molar-refractivity contribution is -0.138. The van der Waals surface area contributed by atoms with E-state index in [1.54, 1.807) is 6.92 Å². The summed E-state index contributed by atoms with van der Waals surface area (Å²) >= 11 is 0. The van der Waals surface area contributed by atoms with Crippen LogP contribution in [0, 0.1) is 5.92 Å². The minimum atomic E-state index is -1.01. The molecule has 0 saturated carbocycles. The van der Waals surface area contributed by atoms with E-state index in [0.29, 0.717) is 11.7 Å². The highest BCUT2D eigenvalue weighted by atomic mass is 33.1. The number of carboxylic acids is 1. The molecule has 1 fully saturated rings. The minimum absolute atomic E-state index is 0.0243. The Morgan fingerprint density at radius 1 is 1.19 bits per heavy atom. The predicted octanol–water partition coefficient (Wildman–Crippen LogP) is 3.23. The largest absolute Gasteiger partial charge is 0.481 e. The first kappa shape index (κ1) is 23.0. The number of hydrogen-bond donors (Lipinski definition) is 2. The van der Waals surface area contributed by atoms with Crippen LogP contribution in [0.4, 0.5) is 0 Å². The second kappa shape index (κ2) is 12.4. The zero-order chi connectivity index (χ0) is 19.5.